The van der Waals surface area contributed by atoms with Gasteiger partial charge in [0.05, 0.1) is 12.2 Å². The van der Waals surface area contributed by atoms with Crippen LogP contribution in [0.4, 0.5) is 0 Å². The highest BCUT2D eigenvalue weighted by Crippen LogP contribution is 2.32. The zero-order valence-electron chi connectivity index (χ0n) is 11.4. The van der Waals surface area contributed by atoms with Gasteiger partial charge in [-0.25, -0.2) is 0 Å². The number of hydrogen-bond acceptors (Lipinski definition) is 2. The molecule has 100 valence electrons. The molecule has 2 saturated carbocycles. The first-order valence-corrected chi connectivity index (χ1v) is 7.66. The lowest BCUT2D eigenvalue weighted by atomic mass is 9.87. The molecule has 0 heterocycles. The minimum atomic E-state index is 0.452. The lowest BCUT2D eigenvalue weighted by Crippen LogP contribution is -2.36. The Hall–Kier alpha value is -0.0800. The van der Waals surface area contributed by atoms with Crippen LogP contribution >= 0.6 is 0 Å². The molecular formula is C15H29NO. The van der Waals surface area contributed by atoms with E-state index in [2.05, 4.69) is 6.92 Å². The Balaban J connectivity index is 1.89. The average molecular weight is 239 g/mol. The molecule has 0 saturated heterocycles. The summed E-state index contributed by atoms with van der Waals surface area (Å²) < 4.78 is 6.45. The molecule has 0 aromatic heterocycles. The fourth-order valence-electron chi connectivity index (χ4n) is 3.51. The van der Waals surface area contributed by atoms with Gasteiger partial charge in [-0.2, -0.15) is 0 Å². The summed E-state index contributed by atoms with van der Waals surface area (Å²) in [5.74, 6) is 1.37. The Morgan fingerprint density at radius 1 is 0.882 bits per heavy atom. The molecule has 0 radical (unpaired) electrons. The van der Waals surface area contributed by atoms with Gasteiger partial charge in [-0.1, -0.05) is 39.0 Å². The maximum absolute atomic E-state index is 6.45. The first-order valence-electron chi connectivity index (χ1n) is 7.66. The molecule has 0 aliphatic heterocycles. The standard InChI is InChI=1S/C15H29NO/c1-12-7-5-6-9-14(12)17-15-10-4-2-3-8-13(15)11-16/h12-15H,2-11,16H2,1H3. The molecule has 2 aliphatic carbocycles. The van der Waals surface area contributed by atoms with Gasteiger partial charge < -0.3 is 10.5 Å². The van der Waals surface area contributed by atoms with Gasteiger partial charge in [-0.3, -0.25) is 0 Å². The molecule has 2 N–H and O–H groups in total. The zero-order valence-corrected chi connectivity index (χ0v) is 11.4. The fourth-order valence-corrected chi connectivity index (χ4v) is 3.51. The van der Waals surface area contributed by atoms with E-state index in [1.807, 2.05) is 0 Å². The van der Waals surface area contributed by atoms with Crippen molar-refractivity contribution in [1.29, 1.82) is 0 Å². The highest BCUT2D eigenvalue weighted by Gasteiger charge is 2.29. The molecule has 0 aromatic rings. The van der Waals surface area contributed by atoms with E-state index in [4.69, 9.17) is 10.5 Å². The second-order valence-electron chi connectivity index (χ2n) is 6.11. The predicted octanol–water partition coefficient (Wildman–Crippen LogP) is 3.49. The van der Waals surface area contributed by atoms with Gasteiger partial charge in [0.15, 0.2) is 0 Å². The molecule has 0 spiro atoms. The van der Waals surface area contributed by atoms with Crippen LogP contribution < -0.4 is 5.73 Å². The van der Waals surface area contributed by atoms with Crippen LogP contribution in [0, 0.1) is 11.8 Å². The van der Waals surface area contributed by atoms with Crippen LogP contribution in [-0.2, 0) is 4.74 Å². The summed E-state index contributed by atoms with van der Waals surface area (Å²) in [6.45, 7) is 3.17. The zero-order chi connectivity index (χ0) is 12.1. The van der Waals surface area contributed by atoms with Gasteiger partial charge in [0.25, 0.3) is 0 Å². The first-order chi connectivity index (χ1) is 8.31. The third-order valence-corrected chi connectivity index (χ3v) is 4.77. The molecular weight excluding hydrogens is 210 g/mol. The number of hydrogen-bond donors (Lipinski definition) is 1. The van der Waals surface area contributed by atoms with Crippen LogP contribution in [-0.4, -0.2) is 18.8 Å². The van der Waals surface area contributed by atoms with Gasteiger partial charge in [0.1, 0.15) is 0 Å². The van der Waals surface area contributed by atoms with Crippen molar-refractivity contribution in [1.82, 2.24) is 0 Å². The van der Waals surface area contributed by atoms with Crippen LogP contribution in [0.3, 0.4) is 0 Å². The molecule has 17 heavy (non-hydrogen) atoms. The van der Waals surface area contributed by atoms with Gasteiger partial charge in [0, 0.05) is 0 Å². The molecule has 4 atom stereocenters. The fraction of sp³-hybridized carbons (Fsp3) is 1.00. The Kier molecular flexibility index (Phi) is 5.30. The van der Waals surface area contributed by atoms with Crippen LogP contribution in [0.25, 0.3) is 0 Å². The maximum atomic E-state index is 6.45. The van der Waals surface area contributed by atoms with E-state index in [-0.39, 0.29) is 0 Å². The van der Waals surface area contributed by atoms with E-state index in [1.165, 1.54) is 57.8 Å². The third-order valence-electron chi connectivity index (χ3n) is 4.77. The van der Waals surface area contributed by atoms with Crippen molar-refractivity contribution in [2.75, 3.05) is 6.54 Å². The summed E-state index contributed by atoms with van der Waals surface area (Å²) in [5.41, 5.74) is 5.92. The summed E-state index contributed by atoms with van der Waals surface area (Å²) in [6, 6.07) is 0. The SMILES string of the molecule is CC1CCCCC1OC1CCCCCC1CN. The molecule has 4 unspecified atom stereocenters. The van der Waals surface area contributed by atoms with E-state index in [0.717, 1.165) is 12.5 Å². The largest absolute Gasteiger partial charge is 0.374 e. The van der Waals surface area contributed by atoms with Crippen LogP contribution in [0.1, 0.15) is 64.7 Å². The lowest BCUT2D eigenvalue weighted by Gasteiger charge is -2.34. The Bertz CT molecular complexity index is 219. The number of rotatable bonds is 3. The minimum Gasteiger partial charge on any atom is -0.374 e. The van der Waals surface area contributed by atoms with Crippen LogP contribution in [0.5, 0.6) is 0 Å². The maximum Gasteiger partial charge on any atom is 0.0619 e. The highest BCUT2D eigenvalue weighted by molar-refractivity contribution is 4.79. The van der Waals surface area contributed by atoms with E-state index in [1.54, 1.807) is 0 Å². The Morgan fingerprint density at radius 3 is 2.29 bits per heavy atom. The highest BCUT2D eigenvalue weighted by atomic mass is 16.5. The molecule has 2 rings (SSSR count). The number of ether oxygens (including phenoxy) is 1. The Morgan fingerprint density at radius 2 is 1.53 bits per heavy atom. The van der Waals surface area contributed by atoms with Gasteiger partial charge in [-0.05, 0) is 44.1 Å². The molecule has 0 bridgehead atoms. The molecule has 2 heteroatoms. The molecule has 2 aliphatic rings. The summed E-state index contributed by atoms with van der Waals surface area (Å²) in [6.07, 6.45) is 12.9. The lowest BCUT2D eigenvalue weighted by molar-refractivity contribution is -0.0799. The normalized spacial score (nSPS) is 39.9. The van der Waals surface area contributed by atoms with E-state index >= 15 is 0 Å². The van der Waals surface area contributed by atoms with Gasteiger partial charge in [-0.15, -0.1) is 0 Å². The second kappa shape index (κ2) is 6.75. The minimum absolute atomic E-state index is 0.452. The Labute approximate surface area is 106 Å². The van der Waals surface area contributed by atoms with Crippen molar-refractivity contribution in [3.05, 3.63) is 0 Å². The van der Waals surface area contributed by atoms with E-state index in [9.17, 15) is 0 Å². The van der Waals surface area contributed by atoms with Crippen molar-refractivity contribution in [3.63, 3.8) is 0 Å². The van der Waals surface area contributed by atoms with Crippen LogP contribution in [0.2, 0.25) is 0 Å². The molecule has 0 aromatic carbocycles. The topological polar surface area (TPSA) is 35.2 Å². The quantitative estimate of drug-likeness (QED) is 0.765. The summed E-state index contributed by atoms with van der Waals surface area (Å²) in [7, 11) is 0. The molecule has 2 nitrogen and oxygen atoms in total. The number of nitrogens with two attached hydrogens (primary N) is 1. The van der Waals surface area contributed by atoms with Crippen LogP contribution in [0.15, 0.2) is 0 Å². The van der Waals surface area contributed by atoms with Crippen molar-refractivity contribution < 1.29 is 4.74 Å². The second-order valence-corrected chi connectivity index (χ2v) is 6.11. The summed E-state index contributed by atoms with van der Waals surface area (Å²) >= 11 is 0. The third kappa shape index (κ3) is 3.69. The van der Waals surface area contributed by atoms with E-state index < -0.39 is 0 Å². The van der Waals surface area contributed by atoms with Crippen molar-refractivity contribution >= 4 is 0 Å². The summed E-state index contributed by atoms with van der Waals surface area (Å²) in [5, 5.41) is 0. The van der Waals surface area contributed by atoms with E-state index in [0.29, 0.717) is 18.1 Å². The van der Waals surface area contributed by atoms with Crippen molar-refractivity contribution in [2.45, 2.75) is 76.9 Å². The first kappa shape index (κ1) is 13.4. The monoisotopic (exact) mass is 239 g/mol. The van der Waals surface area contributed by atoms with Gasteiger partial charge in [0.2, 0.25) is 0 Å². The molecule has 2 fully saturated rings. The summed E-state index contributed by atoms with van der Waals surface area (Å²) in [4.78, 5) is 0. The van der Waals surface area contributed by atoms with Crippen molar-refractivity contribution in [2.24, 2.45) is 17.6 Å². The van der Waals surface area contributed by atoms with Crippen molar-refractivity contribution in [3.8, 4) is 0 Å². The smallest absolute Gasteiger partial charge is 0.0619 e. The predicted molar refractivity (Wildman–Crippen MR) is 71.9 cm³/mol. The molecule has 0 amide bonds. The average Bonchev–Trinajstić information content (AvgIpc) is 2.57. The van der Waals surface area contributed by atoms with Gasteiger partial charge >= 0.3 is 0 Å².